The van der Waals surface area contributed by atoms with Crippen LogP contribution in [0.5, 0.6) is 0 Å². The van der Waals surface area contributed by atoms with E-state index in [2.05, 4.69) is 10.3 Å². The van der Waals surface area contributed by atoms with Crippen LogP contribution >= 0.6 is 0 Å². The molecule has 0 aromatic rings. The Balaban J connectivity index is 2.23. The van der Waals surface area contributed by atoms with Gasteiger partial charge in [0.2, 0.25) is 0 Å². The van der Waals surface area contributed by atoms with Crippen molar-refractivity contribution in [2.24, 2.45) is 0 Å². The van der Waals surface area contributed by atoms with Gasteiger partial charge in [-0.05, 0) is 0 Å². The first-order valence-electron chi connectivity index (χ1n) is 2.48. The van der Waals surface area contributed by atoms with Crippen LogP contribution in [0.1, 0.15) is 0 Å². The number of hydrogen-bond acceptors (Lipinski definition) is 3. The van der Waals surface area contributed by atoms with E-state index >= 15 is 0 Å². The molecule has 43 valence electrons. The summed E-state index contributed by atoms with van der Waals surface area (Å²) < 4.78 is 13.0. The first kappa shape index (κ1) is 6.70. The van der Waals surface area contributed by atoms with Gasteiger partial charge in [-0.3, -0.25) is 0 Å². The topological polar surface area (TPSA) is 27.3 Å². The highest BCUT2D eigenvalue weighted by atomic mass is 19.1. The van der Waals surface area contributed by atoms with E-state index in [9.17, 15) is 4.39 Å². The van der Waals surface area contributed by atoms with Gasteiger partial charge < -0.3 is 15.0 Å². The lowest BCUT2D eigenvalue weighted by Crippen LogP contribution is -2.55. The summed E-state index contributed by atoms with van der Waals surface area (Å²) in [5.74, 6) is 0. The summed E-state index contributed by atoms with van der Waals surface area (Å²) in [6, 6.07) is 0. The zero-order chi connectivity index (χ0) is 6.53. The molecule has 0 bridgehead atoms. The Morgan fingerprint density at radius 2 is 2.00 bits per heavy atom. The summed E-state index contributed by atoms with van der Waals surface area (Å²) in [4.78, 5) is 0. The molecule has 0 amide bonds. The van der Waals surface area contributed by atoms with Gasteiger partial charge in [0.1, 0.15) is 6.33 Å². The van der Waals surface area contributed by atoms with Crippen molar-refractivity contribution < 1.29 is 4.39 Å². The van der Waals surface area contributed by atoms with E-state index < -0.39 is 0 Å². The number of hydrogen-bond donors (Lipinski definition) is 2. The van der Waals surface area contributed by atoms with Gasteiger partial charge in [0, 0.05) is 6.20 Å². The van der Waals surface area contributed by atoms with E-state index in [1.54, 1.807) is 22.6 Å². The van der Waals surface area contributed by atoms with Crippen molar-refractivity contribution >= 4 is 22.6 Å². The molecule has 3 nitrogen and oxygen atoms in total. The van der Waals surface area contributed by atoms with Gasteiger partial charge >= 0.3 is 15.1 Å². The van der Waals surface area contributed by atoms with Gasteiger partial charge in [0.25, 0.3) is 7.55 Å². The second-order valence-electron chi connectivity index (χ2n) is 1.46. The maximum absolute atomic E-state index is 11.4. The maximum atomic E-state index is 11.4. The van der Waals surface area contributed by atoms with Gasteiger partial charge in [-0.2, -0.15) is 0 Å². The third kappa shape index (κ3) is 2.11. The molecule has 1 aliphatic rings. The SMILES string of the molecule is FC=CN1[B]N[B]N[B]1. The first-order valence-corrected chi connectivity index (χ1v) is 2.48. The molecular weight excluding hydrogens is 117 g/mol. The lowest BCUT2D eigenvalue weighted by atomic mass is 9.81. The Labute approximate surface area is 55.5 Å². The fraction of sp³-hybridized carbons (Fsp3) is 0. The molecule has 2 N–H and O–H groups in total. The molecule has 1 saturated heterocycles. The molecule has 0 spiro atoms. The molecule has 1 fully saturated rings. The Kier molecular flexibility index (Phi) is 2.67. The van der Waals surface area contributed by atoms with Crippen LogP contribution in [0.15, 0.2) is 12.5 Å². The zero-order valence-corrected chi connectivity index (χ0v) is 4.71. The molecule has 1 aliphatic heterocycles. The Hall–Kier alpha value is -0.415. The predicted octanol–water partition coefficient (Wildman–Crippen LogP) is -1.48. The van der Waals surface area contributed by atoms with Crippen molar-refractivity contribution in [1.82, 2.24) is 15.0 Å². The molecule has 1 rings (SSSR count). The van der Waals surface area contributed by atoms with Crippen LogP contribution in [0.2, 0.25) is 0 Å². The molecule has 9 heavy (non-hydrogen) atoms. The van der Waals surface area contributed by atoms with Crippen molar-refractivity contribution in [2.75, 3.05) is 0 Å². The molecule has 0 unspecified atom stereocenters. The number of halogens is 1. The molecular formula is C2H4B3FN3. The van der Waals surface area contributed by atoms with Gasteiger partial charge in [-0.15, -0.1) is 0 Å². The van der Waals surface area contributed by atoms with E-state index in [1.165, 1.54) is 10.9 Å². The summed E-state index contributed by atoms with van der Waals surface area (Å²) in [5, 5.41) is 5.47. The highest BCUT2D eigenvalue weighted by Gasteiger charge is 2.09. The average molecular weight is 122 g/mol. The largest absolute Gasteiger partial charge is 0.446 e. The second-order valence-corrected chi connectivity index (χ2v) is 1.46. The fourth-order valence-electron chi connectivity index (χ4n) is 0.483. The molecule has 3 radical (unpaired) electrons. The van der Waals surface area contributed by atoms with Crippen LogP contribution in [-0.4, -0.2) is 27.4 Å². The Morgan fingerprint density at radius 1 is 1.33 bits per heavy atom. The molecule has 0 saturated carbocycles. The molecule has 0 aliphatic carbocycles. The minimum atomic E-state index is 0.460. The minimum Gasteiger partial charge on any atom is -0.446 e. The molecule has 7 heteroatoms. The van der Waals surface area contributed by atoms with Gasteiger partial charge in [-0.25, -0.2) is 4.39 Å². The zero-order valence-electron chi connectivity index (χ0n) is 4.71. The van der Waals surface area contributed by atoms with Crippen molar-refractivity contribution in [2.45, 2.75) is 0 Å². The predicted molar refractivity (Wildman–Crippen MR) is 35.6 cm³/mol. The Bertz CT molecular complexity index is 103. The standard InChI is InChI=1S/C2H4B3FN3/c6-1-2-9-4-7-3-8-5-9/h1-2,7-8H. The number of nitrogens with zero attached hydrogens (tertiary/aromatic N) is 1. The molecule has 0 aromatic heterocycles. The van der Waals surface area contributed by atoms with E-state index in [0.717, 1.165) is 0 Å². The minimum absolute atomic E-state index is 0.460. The first-order chi connectivity index (χ1) is 4.43. The lowest BCUT2D eigenvalue weighted by Gasteiger charge is -2.22. The van der Waals surface area contributed by atoms with Crippen LogP contribution in [0.3, 0.4) is 0 Å². The van der Waals surface area contributed by atoms with Gasteiger partial charge in [-0.1, -0.05) is 0 Å². The van der Waals surface area contributed by atoms with Crippen molar-refractivity contribution in [3.05, 3.63) is 12.5 Å². The van der Waals surface area contributed by atoms with E-state index in [1.807, 2.05) is 0 Å². The third-order valence-electron chi connectivity index (χ3n) is 0.842. The maximum Gasteiger partial charge on any atom is 0.323 e. The summed E-state index contributed by atoms with van der Waals surface area (Å²) in [6.45, 7) is 0. The summed E-state index contributed by atoms with van der Waals surface area (Å²) in [7, 11) is 4.84. The summed E-state index contributed by atoms with van der Waals surface area (Å²) in [5.41, 5.74) is 0. The van der Waals surface area contributed by atoms with Crippen LogP contribution in [0.25, 0.3) is 0 Å². The molecule has 0 atom stereocenters. The van der Waals surface area contributed by atoms with Crippen molar-refractivity contribution in [3.63, 3.8) is 0 Å². The van der Waals surface area contributed by atoms with E-state index in [-0.39, 0.29) is 0 Å². The van der Waals surface area contributed by atoms with Crippen LogP contribution in [0.4, 0.5) is 4.39 Å². The summed E-state index contributed by atoms with van der Waals surface area (Å²) in [6.07, 6.45) is 1.73. The van der Waals surface area contributed by atoms with Crippen LogP contribution < -0.4 is 10.3 Å². The normalized spacial score (nSPS) is 18.6. The molecule has 1 heterocycles. The highest BCUT2D eigenvalue weighted by Crippen LogP contribution is 1.83. The number of nitrogens with one attached hydrogen (secondary N) is 2. The number of rotatable bonds is 1. The van der Waals surface area contributed by atoms with Crippen LogP contribution in [-0.2, 0) is 0 Å². The molecule has 0 aromatic carbocycles. The Morgan fingerprint density at radius 3 is 2.56 bits per heavy atom. The van der Waals surface area contributed by atoms with Gasteiger partial charge in [0.05, 0.1) is 0 Å². The quantitative estimate of drug-likeness (QED) is 0.415. The average Bonchev–Trinajstić information content (AvgIpc) is 1.91. The fourth-order valence-corrected chi connectivity index (χ4v) is 0.483. The van der Waals surface area contributed by atoms with E-state index in [4.69, 9.17) is 0 Å². The highest BCUT2D eigenvalue weighted by molar-refractivity contribution is 6.65. The van der Waals surface area contributed by atoms with E-state index in [0.29, 0.717) is 6.33 Å². The van der Waals surface area contributed by atoms with Crippen molar-refractivity contribution in [3.8, 4) is 0 Å². The van der Waals surface area contributed by atoms with Crippen LogP contribution in [0, 0.1) is 0 Å². The van der Waals surface area contributed by atoms with Gasteiger partial charge in [0.15, 0.2) is 0 Å². The smallest absolute Gasteiger partial charge is 0.323 e. The monoisotopic (exact) mass is 122 g/mol. The third-order valence-corrected chi connectivity index (χ3v) is 0.842. The lowest BCUT2D eigenvalue weighted by molar-refractivity contribution is 0.697. The summed E-state index contributed by atoms with van der Waals surface area (Å²) >= 11 is 0. The second kappa shape index (κ2) is 3.58. The van der Waals surface area contributed by atoms with Crippen molar-refractivity contribution in [1.29, 1.82) is 0 Å².